The first-order chi connectivity index (χ1) is 6.31. The van der Waals surface area contributed by atoms with Crippen LogP contribution in [0, 0.1) is 0 Å². The number of benzene rings is 1. The minimum Gasteiger partial charge on any atom is -0.410 e. The van der Waals surface area contributed by atoms with Crippen molar-refractivity contribution in [3.8, 4) is 0 Å². The molecule has 4 nitrogen and oxygen atoms in total. The summed E-state index contributed by atoms with van der Waals surface area (Å²) in [5.74, 6) is 0. The molecule has 2 aromatic rings. The number of nitrogens with zero attached hydrogens (tertiary/aromatic N) is 3. The predicted octanol–water partition coefficient (Wildman–Crippen LogP) is 1.40. The van der Waals surface area contributed by atoms with Gasteiger partial charge in [0.15, 0.2) is 0 Å². The molecule has 0 amide bonds. The Hall–Kier alpha value is -1.84. The summed E-state index contributed by atoms with van der Waals surface area (Å²) in [5.41, 5.74) is 2.43. The first kappa shape index (κ1) is 7.79. The zero-order valence-corrected chi connectivity index (χ0v) is 7.01. The Balaban J connectivity index is 2.56. The van der Waals surface area contributed by atoms with Gasteiger partial charge in [0, 0.05) is 0 Å². The van der Waals surface area contributed by atoms with E-state index in [1.807, 2.05) is 18.2 Å². The van der Waals surface area contributed by atoms with Crippen LogP contribution in [0.25, 0.3) is 11.0 Å². The van der Waals surface area contributed by atoms with E-state index in [0.29, 0.717) is 11.0 Å². The molecule has 0 unspecified atom stereocenters. The van der Waals surface area contributed by atoms with Crippen LogP contribution in [-0.2, 0) is 6.42 Å². The summed E-state index contributed by atoms with van der Waals surface area (Å²) < 4.78 is 0. The number of fused-ring (bicyclic) bond motifs is 1. The first-order valence-electron chi connectivity index (χ1n) is 3.96. The van der Waals surface area contributed by atoms with Gasteiger partial charge in [-0.05, 0) is 29.3 Å². The smallest absolute Gasteiger partial charge is 0.130 e. The van der Waals surface area contributed by atoms with E-state index in [-0.39, 0.29) is 0 Å². The van der Waals surface area contributed by atoms with Gasteiger partial charge in [0.25, 0.3) is 0 Å². The Morgan fingerprint density at radius 2 is 2.38 bits per heavy atom. The molecule has 1 aromatic carbocycles. The van der Waals surface area contributed by atoms with Gasteiger partial charge in [-0.2, -0.15) is 0 Å². The molecule has 0 aliphatic carbocycles. The van der Waals surface area contributed by atoms with Crippen molar-refractivity contribution in [3.63, 3.8) is 0 Å². The number of allylic oxidation sites excluding steroid dienone is 1. The molecular weight excluding hydrogens is 166 g/mol. The number of rotatable bonds is 2. The maximum Gasteiger partial charge on any atom is 0.130 e. The van der Waals surface area contributed by atoms with Crippen molar-refractivity contribution in [1.29, 1.82) is 0 Å². The van der Waals surface area contributed by atoms with Gasteiger partial charge >= 0.3 is 0 Å². The highest BCUT2D eigenvalue weighted by Gasteiger charge is 2.02. The monoisotopic (exact) mass is 175 g/mol. The van der Waals surface area contributed by atoms with Gasteiger partial charge in [0.1, 0.15) is 11.0 Å². The summed E-state index contributed by atoms with van der Waals surface area (Å²) >= 11 is 0. The van der Waals surface area contributed by atoms with Gasteiger partial charge in [-0.15, -0.1) is 11.7 Å². The lowest BCUT2D eigenvalue weighted by molar-refractivity contribution is 0.155. The zero-order chi connectivity index (χ0) is 9.26. The zero-order valence-electron chi connectivity index (χ0n) is 7.01. The van der Waals surface area contributed by atoms with E-state index in [1.54, 1.807) is 6.07 Å². The highest BCUT2D eigenvalue weighted by molar-refractivity contribution is 5.74. The van der Waals surface area contributed by atoms with Gasteiger partial charge < -0.3 is 5.21 Å². The van der Waals surface area contributed by atoms with E-state index in [0.717, 1.165) is 16.8 Å². The maximum atomic E-state index is 9.15. The molecule has 1 heterocycles. The second-order valence-electron chi connectivity index (χ2n) is 2.79. The van der Waals surface area contributed by atoms with E-state index in [2.05, 4.69) is 16.9 Å². The van der Waals surface area contributed by atoms with Crippen LogP contribution in [-0.4, -0.2) is 20.4 Å². The lowest BCUT2D eigenvalue weighted by Crippen LogP contribution is -1.91. The highest BCUT2D eigenvalue weighted by atomic mass is 16.5. The molecule has 0 bridgehead atoms. The SMILES string of the molecule is C=CCc1ccc2c(c1)nnn2O. The summed E-state index contributed by atoms with van der Waals surface area (Å²) in [6.07, 6.45) is 2.62. The molecule has 0 aliphatic heterocycles. The van der Waals surface area contributed by atoms with Crippen molar-refractivity contribution in [2.75, 3.05) is 0 Å². The molecule has 66 valence electrons. The molecule has 13 heavy (non-hydrogen) atoms. The molecule has 0 aliphatic rings. The third-order valence-corrected chi connectivity index (χ3v) is 1.87. The average Bonchev–Trinajstić information content (AvgIpc) is 2.48. The highest BCUT2D eigenvalue weighted by Crippen LogP contribution is 2.12. The van der Waals surface area contributed by atoms with Crippen molar-refractivity contribution in [1.82, 2.24) is 15.2 Å². The summed E-state index contributed by atoms with van der Waals surface area (Å²) in [4.78, 5) is 0.771. The molecule has 1 aromatic heterocycles. The quantitative estimate of drug-likeness (QED) is 0.554. The Kier molecular flexibility index (Phi) is 1.73. The molecule has 1 N–H and O–H groups in total. The minimum absolute atomic E-state index is 0.618. The van der Waals surface area contributed by atoms with Crippen molar-refractivity contribution >= 4 is 11.0 Å². The molecule has 0 spiro atoms. The van der Waals surface area contributed by atoms with E-state index >= 15 is 0 Å². The normalized spacial score (nSPS) is 10.5. The molecule has 0 saturated heterocycles. The molecule has 0 radical (unpaired) electrons. The van der Waals surface area contributed by atoms with E-state index in [1.165, 1.54) is 0 Å². The van der Waals surface area contributed by atoms with Crippen molar-refractivity contribution in [3.05, 3.63) is 36.4 Å². The fourth-order valence-electron chi connectivity index (χ4n) is 1.25. The standard InChI is InChI=1S/C9H9N3O/c1-2-3-7-4-5-9-8(6-7)10-11-12(9)13/h2,4-6,13H,1,3H2. The van der Waals surface area contributed by atoms with Crippen LogP contribution >= 0.6 is 0 Å². The molecule has 4 heteroatoms. The van der Waals surface area contributed by atoms with Crippen LogP contribution < -0.4 is 0 Å². The maximum absolute atomic E-state index is 9.15. The molecule has 2 rings (SSSR count). The predicted molar refractivity (Wildman–Crippen MR) is 48.6 cm³/mol. The van der Waals surface area contributed by atoms with E-state index in [4.69, 9.17) is 5.21 Å². The number of hydrogen-bond acceptors (Lipinski definition) is 3. The molecular formula is C9H9N3O. The summed E-state index contributed by atoms with van der Waals surface area (Å²) in [6.45, 7) is 3.65. The van der Waals surface area contributed by atoms with Gasteiger partial charge in [-0.25, -0.2) is 0 Å². The van der Waals surface area contributed by atoms with Crippen LogP contribution in [0.5, 0.6) is 0 Å². The third kappa shape index (κ3) is 1.26. The van der Waals surface area contributed by atoms with Crippen LogP contribution in [0.3, 0.4) is 0 Å². The van der Waals surface area contributed by atoms with Crippen LogP contribution in [0.15, 0.2) is 30.9 Å². The Morgan fingerprint density at radius 1 is 1.54 bits per heavy atom. The lowest BCUT2D eigenvalue weighted by Gasteiger charge is -1.95. The second kappa shape index (κ2) is 2.90. The Morgan fingerprint density at radius 3 is 3.15 bits per heavy atom. The van der Waals surface area contributed by atoms with Gasteiger partial charge in [0.2, 0.25) is 0 Å². The topological polar surface area (TPSA) is 50.9 Å². The van der Waals surface area contributed by atoms with Gasteiger partial charge in [-0.3, -0.25) is 0 Å². The third-order valence-electron chi connectivity index (χ3n) is 1.87. The van der Waals surface area contributed by atoms with E-state index < -0.39 is 0 Å². The molecule has 0 atom stereocenters. The number of aromatic nitrogens is 3. The van der Waals surface area contributed by atoms with Crippen LogP contribution in [0.4, 0.5) is 0 Å². The van der Waals surface area contributed by atoms with Crippen LogP contribution in [0.1, 0.15) is 5.56 Å². The minimum atomic E-state index is 0.618. The van der Waals surface area contributed by atoms with Crippen molar-refractivity contribution < 1.29 is 5.21 Å². The van der Waals surface area contributed by atoms with Crippen LogP contribution in [0.2, 0.25) is 0 Å². The van der Waals surface area contributed by atoms with Gasteiger partial charge in [0.05, 0.1) is 0 Å². The lowest BCUT2D eigenvalue weighted by atomic mass is 10.1. The van der Waals surface area contributed by atoms with Crippen molar-refractivity contribution in [2.45, 2.75) is 6.42 Å². The fraction of sp³-hybridized carbons (Fsp3) is 0.111. The first-order valence-corrected chi connectivity index (χ1v) is 3.96. The molecule has 0 saturated carbocycles. The summed E-state index contributed by atoms with van der Waals surface area (Å²) in [7, 11) is 0. The Labute approximate surface area is 75.1 Å². The summed E-state index contributed by atoms with van der Waals surface area (Å²) in [6, 6.07) is 5.59. The van der Waals surface area contributed by atoms with E-state index in [9.17, 15) is 0 Å². The van der Waals surface area contributed by atoms with Gasteiger partial charge in [-0.1, -0.05) is 17.0 Å². The largest absolute Gasteiger partial charge is 0.410 e. The second-order valence-corrected chi connectivity index (χ2v) is 2.79. The average molecular weight is 175 g/mol. The molecule has 0 fully saturated rings. The Bertz CT molecular complexity index is 447. The number of hydrogen-bond donors (Lipinski definition) is 1. The summed E-state index contributed by atoms with van der Waals surface area (Å²) in [5, 5.41) is 16.4. The van der Waals surface area contributed by atoms with Crippen molar-refractivity contribution in [2.24, 2.45) is 0 Å². The fourth-order valence-corrected chi connectivity index (χ4v) is 1.25.